The van der Waals surface area contributed by atoms with Crippen LogP contribution in [0.3, 0.4) is 0 Å². The number of aliphatic imine (C=N–C) groups is 1. The van der Waals surface area contributed by atoms with Gasteiger partial charge in [-0.15, -0.1) is 0 Å². The van der Waals surface area contributed by atoms with Crippen molar-refractivity contribution < 1.29 is 19.4 Å². The lowest BCUT2D eigenvalue weighted by molar-refractivity contribution is 0.0594. The lowest BCUT2D eigenvalue weighted by Crippen LogP contribution is -2.02. The van der Waals surface area contributed by atoms with Gasteiger partial charge in [-0.1, -0.05) is 18.2 Å². The highest BCUT2D eigenvalue weighted by Gasteiger charge is 2.24. The molecule has 0 atom stereocenters. The van der Waals surface area contributed by atoms with Crippen LogP contribution >= 0.6 is 0 Å². The van der Waals surface area contributed by atoms with Crippen molar-refractivity contribution in [3.05, 3.63) is 41.1 Å². The highest BCUT2D eigenvalue weighted by molar-refractivity contribution is 6.21. The summed E-state index contributed by atoms with van der Waals surface area (Å²) in [5.41, 5.74) is 3.14. The normalized spacial score (nSPS) is 14.2. The maximum absolute atomic E-state index is 11.7. The van der Waals surface area contributed by atoms with Crippen LogP contribution in [0, 0.1) is 0 Å². The molecule has 0 unspecified atom stereocenters. The second kappa shape index (κ2) is 5.40. The molecule has 1 aliphatic rings. The van der Waals surface area contributed by atoms with Crippen LogP contribution in [-0.4, -0.2) is 36.5 Å². The third-order valence-corrected chi connectivity index (χ3v) is 3.41. The number of carbonyl (C=O) groups excluding carboxylic acids is 1. The van der Waals surface area contributed by atoms with Crippen LogP contribution in [-0.2, 0) is 4.74 Å². The topological polar surface area (TPSA) is 83.9 Å². The van der Waals surface area contributed by atoms with Crippen LogP contribution in [0.15, 0.2) is 29.3 Å². The molecule has 22 heavy (non-hydrogen) atoms. The number of hydrogen-bond acceptors (Lipinski definition) is 5. The van der Waals surface area contributed by atoms with Gasteiger partial charge >= 0.3 is 5.97 Å². The zero-order valence-corrected chi connectivity index (χ0v) is 12.1. The predicted octanol–water partition coefficient (Wildman–Crippen LogP) is 2.77. The second-order valence-electron chi connectivity index (χ2n) is 4.66. The van der Waals surface area contributed by atoms with Gasteiger partial charge in [-0.05, 0) is 12.1 Å². The van der Waals surface area contributed by atoms with Gasteiger partial charge in [-0.25, -0.2) is 4.79 Å². The summed E-state index contributed by atoms with van der Waals surface area (Å²) < 4.78 is 9.89. The van der Waals surface area contributed by atoms with E-state index in [0.717, 1.165) is 16.8 Å². The van der Waals surface area contributed by atoms with Crippen molar-refractivity contribution >= 4 is 29.5 Å². The molecule has 6 heteroatoms. The molecule has 0 spiro atoms. The molecule has 6 nitrogen and oxygen atoms in total. The Labute approximate surface area is 126 Å². The Morgan fingerprint density at radius 1 is 1.32 bits per heavy atom. The molecule has 2 heterocycles. The third-order valence-electron chi connectivity index (χ3n) is 3.41. The number of para-hydroxylation sites is 1. The molecule has 0 bridgehead atoms. The van der Waals surface area contributed by atoms with E-state index in [0.29, 0.717) is 5.69 Å². The van der Waals surface area contributed by atoms with Crippen LogP contribution in [0.1, 0.15) is 21.6 Å². The number of fused-ring (bicyclic) bond motifs is 1. The first-order valence-electron chi connectivity index (χ1n) is 6.58. The number of allylic oxidation sites excluding steroid dienone is 1. The number of nitrogens with one attached hydrogen (secondary N) is 1. The molecule has 1 aliphatic heterocycles. The van der Waals surface area contributed by atoms with Crippen molar-refractivity contribution in [2.24, 2.45) is 4.99 Å². The number of aromatic amines is 1. The molecule has 1 aromatic heterocycles. The zero-order valence-electron chi connectivity index (χ0n) is 12.1. The van der Waals surface area contributed by atoms with Crippen LogP contribution < -0.4 is 4.74 Å². The fourth-order valence-corrected chi connectivity index (χ4v) is 2.40. The third kappa shape index (κ3) is 2.14. The maximum Gasteiger partial charge on any atom is 0.347 e. The second-order valence-corrected chi connectivity index (χ2v) is 4.66. The largest absolute Gasteiger partial charge is 0.494 e. The summed E-state index contributed by atoms with van der Waals surface area (Å²) in [7, 11) is 2.67. The van der Waals surface area contributed by atoms with Gasteiger partial charge in [0.1, 0.15) is 0 Å². The first kappa shape index (κ1) is 13.9. The minimum atomic E-state index is -0.671. The Hall–Kier alpha value is -3.02. The van der Waals surface area contributed by atoms with E-state index in [-0.39, 0.29) is 17.2 Å². The summed E-state index contributed by atoms with van der Waals surface area (Å²) in [6.45, 7) is 0. The molecule has 0 radical (unpaired) electrons. The number of esters is 1. The van der Waals surface area contributed by atoms with E-state index < -0.39 is 5.97 Å². The van der Waals surface area contributed by atoms with E-state index in [9.17, 15) is 9.90 Å². The van der Waals surface area contributed by atoms with Crippen LogP contribution in [0.5, 0.6) is 11.6 Å². The van der Waals surface area contributed by atoms with E-state index >= 15 is 0 Å². The van der Waals surface area contributed by atoms with Crippen LogP contribution in [0.25, 0.3) is 11.6 Å². The molecule has 0 aliphatic carbocycles. The highest BCUT2D eigenvalue weighted by Crippen LogP contribution is 2.37. The predicted molar refractivity (Wildman–Crippen MR) is 82.8 cm³/mol. The lowest BCUT2D eigenvalue weighted by atomic mass is 10.1. The summed E-state index contributed by atoms with van der Waals surface area (Å²) in [6.07, 6.45) is 3.49. The van der Waals surface area contributed by atoms with Gasteiger partial charge in [0, 0.05) is 17.4 Å². The van der Waals surface area contributed by atoms with E-state index in [1.807, 2.05) is 24.3 Å². The van der Waals surface area contributed by atoms with Crippen molar-refractivity contribution in [2.45, 2.75) is 0 Å². The Kier molecular flexibility index (Phi) is 3.42. The summed E-state index contributed by atoms with van der Waals surface area (Å²) in [6, 6.07) is 7.70. The van der Waals surface area contributed by atoms with Crippen molar-refractivity contribution in [1.29, 1.82) is 0 Å². The summed E-state index contributed by atoms with van der Waals surface area (Å²) in [5.74, 6) is -0.732. The average Bonchev–Trinajstić information content (AvgIpc) is 3.08. The molecular weight excluding hydrogens is 284 g/mol. The van der Waals surface area contributed by atoms with Crippen LogP contribution in [0.4, 0.5) is 5.69 Å². The number of H-pyrrole nitrogens is 1. The fourth-order valence-electron chi connectivity index (χ4n) is 2.40. The molecule has 3 rings (SSSR count). The number of rotatable bonds is 3. The average molecular weight is 298 g/mol. The Balaban J connectivity index is 2.10. The van der Waals surface area contributed by atoms with E-state index in [2.05, 4.69) is 14.7 Å². The number of nitrogens with zero attached hydrogens (tertiary/aromatic N) is 1. The minimum Gasteiger partial charge on any atom is -0.494 e. The summed E-state index contributed by atoms with van der Waals surface area (Å²) in [4.78, 5) is 18.8. The van der Waals surface area contributed by atoms with Crippen molar-refractivity contribution in [2.75, 3.05) is 14.2 Å². The molecule has 2 aromatic rings. The van der Waals surface area contributed by atoms with Crippen molar-refractivity contribution in [3.8, 4) is 11.6 Å². The molecule has 0 saturated heterocycles. The monoisotopic (exact) mass is 298 g/mol. The summed E-state index contributed by atoms with van der Waals surface area (Å²) >= 11 is 0. The standard InChI is InChI=1S/C16H14N2O4/c1-21-14-12(18-15(19)13(14)16(20)22-2)7-9-8-17-11-6-4-3-5-10(9)11/h3-8,18-19H,1-2H3/b9-7+. The summed E-state index contributed by atoms with van der Waals surface area (Å²) in [5, 5.41) is 9.91. The smallest absolute Gasteiger partial charge is 0.347 e. The maximum atomic E-state index is 11.7. The molecule has 112 valence electrons. The van der Waals surface area contributed by atoms with Gasteiger partial charge in [0.2, 0.25) is 5.88 Å². The van der Waals surface area contributed by atoms with Gasteiger partial charge in [0.25, 0.3) is 0 Å². The molecule has 2 N–H and O–H groups in total. The van der Waals surface area contributed by atoms with Gasteiger partial charge in [0.15, 0.2) is 11.3 Å². The first-order valence-corrected chi connectivity index (χ1v) is 6.58. The number of hydrogen-bond donors (Lipinski definition) is 2. The minimum absolute atomic E-state index is 0.0277. The van der Waals surface area contributed by atoms with Crippen molar-refractivity contribution in [1.82, 2.24) is 4.98 Å². The first-order chi connectivity index (χ1) is 10.7. The SMILES string of the molecule is COC(=O)c1c(O)[nH]c(/C=C2\C=Nc3ccccc32)c1OC. The van der Waals surface area contributed by atoms with Gasteiger partial charge < -0.3 is 19.6 Å². The molecular formula is C16H14N2O4. The van der Waals surface area contributed by atoms with Gasteiger partial charge in [-0.3, -0.25) is 4.99 Å². The molecule has 0 fully saturated rings. The molecule has 0 saturated carbocycles. The number of benzene rings is 1. The lowest BCUT2D eigenvalue weighted by Gasteiger charge is -2.03. The van der Waals surface area contributed by atoms with E-state index in [1.165, 1.54) is 14.2 Å². The molecule has 0 amide bonds. The number of aromatic nitrogens is 1. The van der Waals surface area contributed by atoms with Crippen LogP contribution in [0.2, 0.25) is 0 Å². The number of carbonyl (C=O) groups is 1. The number of aromatic hydroxyl groups is 1. The fraction of sp³-hybridized carbons (Fsp3) is 0.125. The Morgan fingerprint density at radius 3 is 2.82 bits per heavy atom. The highest BCUT2D eigenvalue weighted by atomic mass is 16.5. The molecule has 1 aromatic carbocycles. The quantitative estimate of drug-likeness (QED) is 0.853. The number of methoxy groups -OCH3 is 2. The Bertz CT molecular complexity index is 802. The van der Waals surface area contributed by atoms with Gasteiger partial charge in [0.05, 0.1) is 25.6 Å². The number of ether oxygens (including phenoxy) is 2. The van der Waals surface area contributed by atoms with Crippen molar-refractivity contribution in [3.63, 3.8) is 0 Å². The van der Waals surface area contributed by atoms with Gasteiger partial charge in [-0.2, -0.15) is 0 Å². The van der Waals surface area contributed by atoms with E-state index in [4.69, 9.17) is 4.74 Å². The van der Waals surface area contributed by atoms with E-state index in [1.54, 1.807) is 12.3 Å². The zero-order chi connectivity index (χ0) is 15.7. The Morgan fingerprint density at radius 2 is 2.09 bits per heavy atom.